The lowest BCUT2D eigenvalue weighted by Gasteiger charge is -2.10. The summed E-state index contributed by atoms with van der Waals surface area (Å²) in [4.78, 5) is 16.6. The van der Waals surface area contributed by atoms with Crippen molar-refractivity contribution < 1.29 is 22.7 Å². The van der Waals surface area contributed by atoms with Crippen LogP contribution in [0.3, 0.4) is 0 Å². The molecule has 7 nitrogen and oxygen atoms in total. The number of oxazole rings is 1. The Morgan fingerprint density at radius 1 is 1.27 bits per heavy atom. The molecule has 2 N–H and O–H groups in total. The van der Waals surface area contributed by atoms with E-state index in [4.69, 9.17) is 9.15 Å². The number of aromatic amines is 1. The van der Waals surface area contributed by atoms with E-state index in [1.54, 1.807) is 18.2 Å². The average molecular weight is 410 g/mol. The first-order chi connectivity index (χ1) is 14.6. The molecule has 2 aromatic carbocycles. The predicted molar refractivity (Wildman–Crippen MR) is 106 cm³/mol. The van der Waals surface area contributed by atoms with E-state index in [0.717, 1.165) is 6.07 Å². The van der Waals surface area contributed by atoms with Crippen molar-refractivity contribution in [3.63, 3.8) is 0 Å². The van der Waals surface area contributed by atoms with Crippen LogP contribution in [-0.2, 0) is 6.54 Å². The Morgan fingerprint density at radius 2 is 2.13 bits per heavy atom. The molecule has 0 unspecified atom stereocenters. The molecule has 152 valence electrons. The zero-order valence-electron chi connectivity index (χ0n) is 15.8. The number of carbonyl (C=O) groups excluding carboxylic acids is 1. The van der Waals surface area contributed by atoms with Gasteiger partial charge in [0, 0.05) is 11.6 Å². The number of halogens is 2. The molecule has 0 spiro atoms. The van der Waals surface area contributed by atoms with Gasteiger partial charge in [-0.1, -0.05) is 0 Å². The molecule has 2 aromatic heterocycles. The van der Waals surface area contributed by atoms with Crippen LogP contribution in [0, 0.1) is 11.6 Å². The molecule has 0 bridgehead atoms. The van der Waals surface area contributed by atoms with Crippen LogP contribution in [-0.4, -0.2) is 28.2 Å². The molecule has 0 atom stereocenters. The van der Waals surface area contributed by atoms with Crippen LogP contribution in [0.4, 0.5) is 8.78 Å². The van der Waals surface area contributed by atoms with Crippen LogP contribution < -0.4 is 10.1 Å². The van der Waals surface area contributed by atoms with E-state index in [2.05, 4.69) is 20.5 Å². The zero-order valence-corrected chi connectivity index (χ0v) is 15.8. The smallest absolute Gasteiger partial charge is 0.255 e. The third-order valence-electron chi connectivity index (χ3n) is 4.43. The van der Waals surface area contributed by atoms with E-state index in [-0.39, 0.29) is 18.0 Å². The minimum atomic E-state index is -0.690. The van der Waals surface area contributed by atoms with Gasteiger partial charge in [-0.3, -0.25) is 9.89 Å². The largest absolute Gasteiger partial charge is 0.495 e. The number of rotatable bonds is 6. The lowest BCUT2D eigenvalue weighted by atomic mass is 10.1. The first-order valence-corrected chi connectivity index (χ1v) is 8.91. The highest BCUT2D eigenvalue weighted by atomic mass is 19.1. The summed E-state index contributed by atoms with van der Waals surface area (Å²) in [7, 11) is 1.44. The number of hydrogen-bond donors (Lipinski definition) is 2. The van der Waals surface area contributed by atoms with Crippen LogP contribution in [0.5, 0.6) is 5.75 Å². The fourth-order valence-electron chi connectivity index (χ4n) is 3.01. The number of H-pyrrole nitrogens is 1. The second-order valence-corrected chi connectivity index (χ2v) is 6.29. The molecule has 4 aromatic rings. The SMILES string of the molecule is COc1c(C(=O)NCc2ncco2)ccc2[nH]nc(/C=C/c3ccc(F)cc3F)c12. The average Bonchev–Trinajstić information content (AvgIpc) is 3.40. The maximum atomic E-state index is 13.9. The standard InChI is InChI=1S/C21H16F2N4O3/c1-29-20-14(21(28)25-11-18-24-8-9-30-18)5-7-17-19(20)16(26-27-17)6-3-12-2-4-13(22)10-15(12)23/h2-10H,11H2,1H3,(H,25,28)(H,26,27)/b6-3+. The van der Waals surface area contributed by atoms with E-state index in [1.165, 1.54) is 37.8 Å². The van der Waals surface area contributed by atoms with Crippen LogP contribution >= 0.6 is 0 Å². The molecule has 0 aliphatic carbocycles. The Balaban J connectivity index is 1.67. The molecule has 0 fully saturated rings. The number of hydrogen-bond acceptors (Lipinski definition) is 5. The van der Waals surface area contributed by atoms with Gasteiger partial charge < -0.3 is 14.5 Å². The van der Waals surface area contributed by atoms with E-state index in [0.29, 0.717) is 33.8 Å². The molecule has 9 heteroatoms. The van der Waals surface area contributed by atoms with Gasteiger partial charge in [0.2, 0.25) is 5.89 Å². The van der Waals surface area contributed by atoms with Crippen molar-refractivity contribution in [3.8, 4) is 5.75 Å². The minimum Gasteiger partial charge on any atom is -0.495 e. The summed E-state index contributed by atoms with van der Waals surface area (Å²) in [5.74, 6) is -1.05. The van der Waals surface area contributed by atoms with Gasteiger partial charge in [-0.15, -0.1) is 0 Å². The van der Waals surface area contributed by atoms with E-state index < -0.39 is 11.6 Å². The Kier molecular flexibility index (Phi) is 5.25. The van der Waals surface area contributed by atoms with Crippen LogP contribution in [0.1, 0.15) is 27.5 Å². The molecule has 0 aliphatic heterocycles. The van der Waals surface area contributed by atoms with Crippen molar-refractivity contribution in [1.29, 1.82) is 0 Å². The number of aromatic nitrogens is 3. The molecular formula is C21H16F2N4O3. The normalized spacial score (nSPS) is 11.3. The number of nitrogens with zero attached hydrogens (tertiary/aromatic N) is 2. The highest BCUT2D eigenvalue weighted by Crippen LogP contribution is 2.32. The second-order valence-electron chi connectivity index (χ2n) is 6.29. The monoisotopic (exact) mass is 410 g/mol. The number of benzene rings is 2. The first kappa shape index (κ1) is 19.3. The van der Waals surface area contributed by atoms with Gasteiger partial charge in [-0.25, -0.2) is 13.8 Å². The third-order valence-corrected chi connectivity index (χ3v) is 4.43. The van der Waals surface area contributed by atoms with Crippen LogP contribution in [0.15, 0.2) is 47.2 Å². The van der Waals surface area contributed by atoms with Crippen LogP contribution in [0.2, 0.25) is 0 Å². The number of fused-ring (bicyclic) bond motifs is 1. The number of carbonyl (C=O) groups is 1. The third kappa shape index (κ3) is 3.77. The first-order valence-electron chi connectivity index (χ1n) is 8.91. The van der Waals surface area contributed by atoms with Gasteiger partial charge in [-0.05, 0) is 36.4 Å². The Bertz CT molecular complexity index is 1230. The Labute approximate surface area is 169 Å². The topological polar surface area (TPSA) is 93.0 Å². The summed E-state index contributed by atoms with van der Waals surface area (Å²) >= 11 is 0. The van der Waals surface area contributed by atoms with Gasteiger partial charge >= 0.3 is 0 Å². The lowest BCUT2D eigenvalue weighted by Crippen LogP contribution is -2.23. The molecule has 1 amide bonds. The molecule has 4 rings (SSSR count). The quantitative estimate of drug-likeness (QED) is 0.502. The second kappa shape index (κ2) is 8.16. The summed E-state index contributed by atoms with van der Waals surface area (Å²) in [6.07, 6.45) is 5.94. The molecule has 0 aliphatic rings. The molecule has 30 heavy (non-hydrogen) atoms. The van der Waals surface area contributed by atoms with Crippen LogP contribution in [0.25, 0.3) is 23.1 Å². The highest BCUT2D eigenvalue weighted by Gasteiger charge is 2.19. The maximum absolute atomic E-state index is 13.9. The van der Waals surface area contributed by atoms with Crippen molar-refractivity contribution in [2.24, 2.45) is 0 Å². The van der Waals surface area contributed by atoms with Crippen molar-refractivity contribution in [1.82, 2.24) is 20.5 Å². The summed E-state index contributed by atoms with van der Waals surface area (Å²) < 4.78 is 37.6. The number of nitrogens with one attached hydrogen (secondary N) is 2. The molecule has 0 saturated carbocycles. The minimum absolute atomic E-state index is 0.120. The zero-order chi connectivity index (χ0) is 21.1. The Morgan fingerprint density at radius 3 is 2.87 bits per heavy atom. The maximum Gasteiger partial charge on any atom is 0.255 e. The van der Waals surface area contributed by atoms with Gasteiger partial charge in [-0.2, -0.15) is 5.10 Å². The van der Waals surface area contributed by atoms with Crippen molar-refractivity contribution >= 4 is 29.0 Å². The molecule has 2 heterocycles. The molecule has 0 radical (unpaired) electrons. The van der Waals surface area contributed by atoms with E-state index >= 15 is 0 Å². The van der Waals surface area contributed by atoms with Gasteiger partial charge in [0.15, 0.2) is 0 Å². The van der Waals surface area contributed by atoms with E-state index in [1.807, 2.05) is 0 Å². The highest BCUT2D eigenvalue weighted by molar-refractivity contribution is 6.05. The van der Waals surface area contributed by atoms with Gasteiger partial charge in [0.05, 0.1) is 42.0 Å². The summed E-state index contributed by atoms with van der Waals surface area (Å²) in [6, 6.07) is 6.61. The fourth-order valence-corrected chi connectivity index (χ4v) is 3.01. The van der Waals surface area contributed by atoms with Crippen molar-refractivity contribution in [3.05, 3.63) is 77.1 Å². The summed E-state index contributed by atoms with van der Waals surface area (Å²) in [6.45, 7) is 0.120. The van der Waals surface area contributed by atoms with Crippen molar-refractivity contribution in [2.45, 2.75) is 6.54 Å². The number of amides is 1. The van der Waals surface area contributed by atoms with Crippen molar-refractivity contribution in [2.75, 3.05) is 7.11 Å². The summed E-state index contributed by atoms with van der Waals surface area (Å²) in [5.41, 5.74) is 1.56. The predicted octanol–water partition coefficient (Wildman–Crippen LogP) is 3.94. The number of ether oxygens (including phenoxy) is 1. The van der Waals surface area contributed by atoms with Gasteiger partial charge in [0.1, 0.15) is 23.6 Å². The lowest BCUT2D eigenvalue weighted by molar-refractivity contribution is 0.0944. The number of methoxy groups -OCH3 is 1. The van der Waals surface area contributed by atoms with E-state index in [9.17, 15) is 13.6 Å². The summed E-state index contributed by atoms with van der Waals surface area (Å²) in [5, 5.41) is 10.3. The van der Waals surface area contributed by atoms with Gasteiger partial charge in [0.25, 0.3) is 5.91 Å². The molecular weight excluding hydrogens is 394 g/mol. The Hall–Kier alpha value is -4.01. The molecule has 0 saturated heterocycles. The fraction of sp³-hybridized carbons (Fsp3) is 0.0952.